The van der Waals surface area contributed by atoms with Gasteiger partial charge in [-0.25, -0.2) is 13.1 Å². The zero-order valence-corrected chi connectivity index (χ0v) is 10.2. The molecule has 0 aromatic heterocycles. The normalized spacial score (nSPS) is 25.1. The zero-order chi connectivity index (χ0) is 12.9. The monoisotopic (exact) mass is 260 g/mol. The van der Waals surface area contributed by atoms with E-state index in [0.29, 0.717) is 32.2 Å². The molecule has 0 atom stereocenters. The Morgan fingerprint density at radius 3 is 2.41 bits per heavy atom. The second kappa shape index (κ2) is 5.98. The van der Waals surface area contributed by atoms with Crippen molar-refractivity contribution in [1.82, 2.24) is 4.72 Å². The van der Waals surface area contributed by atoms with Gasteiger partial charge in [-0.05, 0) is 31.6 Å². The summed E-state index contributed by atoms with van der Waals surface area (Å²) in [4.78, 5) is 10.7. The molecule has 6 nitrogen and oxygen atoms in total. The van der Waals surface area contributed by atoms with E-state index < -0.39 is 21.7 Å². The van der Waals surface area contributed by atoms with Crippen LogP contribution in [0.3, 0.4) is 0 Å². The van der Waals surface area contributed by atoms with Crippen molar-refractivity contribution in [3.8, 4) is 6.07 Å². The van der Waals surface area contributed by atoms with Crippen LogP contribution in [0.5, 0.6) is 0 Å². The van der Waals surface area contributed by atoms with Gasteiger partial charge in [-0.15, -0.1) is 0 Å². The molecule has 0 aromatic carbocycles. The van der Waals surface area contributed by atoms with Gasteiger partial charge in [0.05, 0.1) is 12.0 Å². The summed E-state index contributed by atoms with van der Waals surface area (Å²) >= 11 is 0. The van der Waals surface area contributed by atoms with Crippen LogP contribution in [0.25, 0.3) is 0 Å². The van der Waals surface area contributed by atoms with Crippen molar-refractivity contribution in [2.75, 3.05) is 12.3 Å². The highest BCUT2D eigenvalue weighted by Crippen LogP contribution is 2.28. The van der Waals surface area contributed by atoms with E-state index in [-0.39, 0.29) is 11.8 Å². The minimum Gasteiger partial charge on any atom is -0.481 e. The molecule has 1 aliphatic rings. The third-order valence-electron chi connectivity index (χ3n) is 3.04. The Balaban J connectivity index is 2.32. The highest BCUT2D eigenvalue weighted by molar-refractivity contribution is 7.89. The lowest BCUT2D eigenvalue weighted by atomic mass is 9.82. The number of hydrogen-bond donors (Lipinski definition) is 2. The minimum absolute atomic E-state index is 0.180. The Hall–Kier alpha value is -1.13. The summed E-state index contributed by atoms with van der Waals surface area (Å²) in [5, 5.41) is 17.1. The molecule has 0 amide bonds. The maximum Gasteiger partial charge on any atom is 0.306 e. The van der Waals surface area contributed by atoms with Crippen molar-refractivity contribution in [2.45, 2.75) is 25.7 Å². The number of carboxylic acids is 1. The average Bonchev–Trinajstić information content (AvgIpc) is 2.27. The summed E-state index contributed by atoms with van der Waals surface area (Å²) in [5.74, 6) is -1.41. The third kappa shape index (κ3) is 4.71. The minimum atomic E-state index is -3.49. The van der Waals surface area contributed by atoms with Crippen LogP contribution >= 0.6 is 0 Å². The van der Waals surface area contributed by atoms with Crippen molar-refractivity contribution in [3.63, 3.8) is 0 Å². The van der Waals surface area contributed by atoms with E-state index in [1.165, 1.54) is 0 Å². The van der Waals surface area contributed by atoms with E-state index in [1.54, 1.807) is 6.07 Å². The fraction of sp³-hybridized carbons (Fsp3) is 0.800. The summed E-state index contributed by atoms with van der Waals surface area (Å²) in [5.41, 5.74) is 0. The first-order valence-electron chi connectivity index (χ1n) is 5.51. The molecule has 0 bridgehead atoms. The highest BCUT2D eigenvalue weighted by Gasteiger charge is 2.26. The van der Waals surface area contributed by atoms with Crippen LogP contribution in [0.4, 0.5) is 0 Å². The van der Waals surface area contributed by atoms with Gasteiger partial charge in [0.25, 0.3) is 0 Å². The summed E-state index contributed by atoms with van der Waals surface area (Å²) in [6, 6.07) is 1.59. The van der Waals surface area contributed by atoms with Crippen molar-refractivity contribution < 1.29 is 18.3 Å². The lowest BCUT2D eigenvalue weighted by Crippen LogP contribution is -2.33. The molecule has 0 aliphatic heterocycles. The first kappa shape index (κ1) is 13.9. The Morgan fingerprint density at radius 1 is 1.35 bits per heavy atom. The van der Waals surface area contributed by atoms with Crippen molar-refractivity contribution in [3.05, 3.63) is 0 Å². The van der Waals surface area contributed by atoms with E-state index in [9.17, 15) is 13.2 Å². The van der Waals surface area contributed by atoms with Crippen LogP contribution in [0, 0.1) is 23.2 Å². The van der Waals surface area contributed by atoms with Crippen molar-refractivity contribution in [2.24, 2.45) is 11.8 Å². The second-order valence-electron chi connectivity index (χ2n) is 4.32. The molecule has 96 valence electrons. The standard InChI is InChI=1S/C10H16N2O4S/c11-5-6-17(15,16)12-7-8-1-3-9(4-2-8)10(13)14/h8-9,12H,1-4,6-7H2,(H,13,14). The number of sulfonamides is 1. The fourth-order valence-corrected chi connectivity index (χ4v) is 2.76. The van der Waals surface area contributed by atoms with Gasteiger partial charge in [-0.3, -0.25) is 4.79 Å². The van der Waals surface area contributed by atoms with Crippen LogP contribution in [-0.2, 0) is 14.8 Å². The van der Waals surface area contributed by atoms with Crippen LogP contribution in [0.15, 0.2) is 0 Å². The van der Waals surface area contributed by atoms with Gasteiger partial charge in [0.2, 0.25) is 10.0 Å². The summed E-state index contributed by atoms with van der Waals surface area (Å²) in [6.07, 6.45) is 2.62. The van der Waals surface area contributed by atoms with Crippen LogP contribution in [-0.4, -0.2) is 31.8 Å². The molecule has 0 aromatic rings. The van der Waals surface area contributed by atoms with Crippen LogP contribution < -0.4 is 4.72 Å². The summed E-state index contributed by atoms with van der Waals surface area (Å²) < 4.78 is 24.8. The maximum atomic E-state index is 11.2. The molecule has 1 rings (SSSR count). The second-order valence-corrected chi connectivity index (χ2v) is 6.13. The molecule has 0 spiro atoms. The molecule has 0 saturated heterocycles. The van der Waals surface area contributed by atoms with E-state index in [4.69, 9.17) is 10.4 Å². The molecular formula is C10H16N2O4S. The predicted octanol–water partition coefficient (Wildman–Crippen LogP) is 0.320. The predicted molar refractivity (Wildman–Crippen MR) is 60.5 cm³/mol. The van der Waals surface area contributed by atoms with Gasteiger partial charge in [0, 0.05) is 6.54 Å². The number of carbonyl (C=O) groups is 1. The number of aliphatic carboxylic acids is 1. The molecule has 0 radical (unpaired) electrons. The SMILES string of the molecule is N#CCS(=O)(=O)NCC1CCC(C(=O)O)CC1. The molecular weight excluding hydrogens is 244 g/mol. The Kier molecular flexibility index (Phi) is 4.90. The average molecular weight is 260 g/mol. The zero-order valence-electron chi connectivity index (χ0n) is 9.42. The molecule has 0 heterocycles. The quantitative estimate of drug-likeness (QED) is 0.740. The van der Waals surface area contributed by atoms with Gasteiger partial charge < -0.3 is 5.11 Å². The van der Waals surface area contributed by atoms with Gasteiger partial charge >= 0.3 is 5.97 Å². The smallest absolute Gasteiger partial charge is 0.306 e. The van der Waals surface area contributed by atoms with E-state index in [2.05, 4.69) is 4.72 Å². The fourth-order valence-electron chi connectivity index (χ4n) is 1.99. The van der Waals surface area contributed by atoms with Gasteiger partial charge in [-0.2, -0.15) is 5.26 Å². The number of nitriles is 1. The topological polar surface area (TPSA) is 107 Å². The first-order chi connectivity index (χ1) is 7.94. The molecule has 0 unspecified atom stereocenters. The Morgan fingerprint density at radius 2 is 1.94 bits per heavy atom. The van der Waals surface area contributed by atoms with Crippen molar-refractivity contribution in [1.29, 1.82) is 5.26 Å². The third-order valence-corrected chi connectivity index (χ3v) is 4.16. The lowest BCUT2D eigenvalue weighted by molar-refractivity contribution is -0.143. The van der Waals surface area contributed by atoms with Crippen LogP contribution in [0.1, 0.15) is 25.7 Å². The number of nitrogens with one attached hydrogen (secondary N) is 1. The number of carboxylic acid groups (broad SMARTS) is 1. The van der Waals surface area contributed by atoms with Crippen LogP contribution in [0.2, 0.25) is 0 Å². The molecule has 17 heavy (non-hydrogen) atoms. The van der Waals surface area contributed by atoms with Gasteiger partial charge in [0.15, 0.2) is 5.75 Å². The number of nitrogens with zero attached hydrogens (tertiary/aromatic N) is 1. The van der Waals surface area contributed by atoms with Gasteiger partial charge in [-0.1, -0.05) is 0 Å². The molecule has 1 fully saturated rings. The van der Waals surface area contributed by atoms with E-state index >= 15 is 0 Å². The van der Waals surface area contributed by atoms with E-state index in [1.807, 2.05) is 0 Å². The molecule has 2 N–H and O–H groups in total. The highest BCUT2D eigenvalue weighted by atomic mass is 32.2. The maximum absolute atomic E-state index is 11.2. The molecule has 1 aliphatic carbocycles. The molecule has 7 heteroatoms. The lowest BCUT2D eigenvalue weighted by Gasteiger charge is -2.25. The molecule has 1 saturated carbocycles. The Labute approximate surface area is 101 Å². The number of rotatable bonds is 5. The summed E-state index contributed by atoms with van der Waals surface area (Å²) in [7, 11) is -3.49. The van der Waals surface area contributed by atoms with E-state index in [0.717, 1.165) is 0 Å². The Bertz CT molecular complexity index is 405. The largest absolute Gasteiger partial charge is 0.481 e. The summed E-state index contributed by atoms with van der Waals surface area (Å²) in [6.45, 7) is 0.302. The first-order valence-corrected chi connectivity index (χ1v) is 7.17. The van der Waals surface area contributed by atoms with Gasteiger partial charge in [0.1, 0.15) is 0 Å². The van der Waals surface area contributed by atoms with Crippen molar-refractivity contribution >= 4 is 16.0 Å². The number of hydrogen-bond acceptors (Lipinski definition) is 4.